The molecular formula is C28H28F3N7O2. The van der Waals surface area contributed by atoms with Gasteiger partial charge >= 0.3 is 6.18 Å². The molecule has 1 amide bonds. The summed E-state index contributed by atoms with van der Waals surface area (Å²) in [6.45, 7) is 5.49. The molecule has 208 valence electrons. The van der Waals surface area contributed by atoms with Crippen molar-refractivity contribution in [2.75, 3.05) is 55.9 Å². The van der Waals surface area contributed by atoms with Crippen LogP contribution in [-0.4, -0.2) is 66.1 Å². The lowest BCUT2D eigenvalue weighted by Crippen LogP contribution is -2.44. The monoisotopic (exact) mass is 551 g/mol. The van der Waals surface area contributed by atoms with Crippen LogP contribution in [0.4, 0.5) is 36.2 Å². The van der Waals surface area contributed by atoms with Crippen LogP contribution in [0.2, 0.25) is 0 Å². The van der Waals surface area contributed by atoms with E-state index in [1.807, 2.05) is 13.0 Å². The molecule has 0 spiro atoms. The highest BCUT2D eigenvalue weighted by molar-refractivity contribution is 6.05. The van der Waals surface area contributed by atoms with Gasteiger partial charge in [0.15, 0.2) is 0 Å². The largest absolute Gasteiger partial charge is 0.496 e. The van der Waals surface area contributed by atoms with E-state index in [9.17, 15) is 18.0 Å². The first-order valence-corrected chi connectivity index (χ1v) is 12.6. The Labute approximate surface area is 229 Å². The molecule has 1 fully saturated rings. The molecule has 0 radical (unpaired) electrons. The fourth-order valence-corrected chi connectivity index (χ4v) is 4.49. The van der Waals surface area contributed by atoms with Crippen LogP contribution >= 0.6 is 0 Å². The molecule has 0 bridgehead atoms. The third-order valence-electron chi connectivity index (χ3n) is 6.85. The maximum Gasteiger partial charge on any atom is 0.420 e. The summed E-state index contributed by atoms with van der Waals surface area (Å²) in [4.78, 5) is 30.9. The summed E-state index contributed by atoms with van der Waals surface area (Å²) in [5.74, 6) is 0.500. The van der Waals surface area contributed by atoms with Crippen LogP contribution < -0.4 is 20.3 Å². The van der Waals surface area contributed by atoms with E-state index in [2.05, 4.69) is 42.4 Å². The van der Waals surface area contributed by atoms with E-state index >= 15 is 0 Å². The number of piperazine rings is 1. The summed E-state index contributed by atoms with van der Waals surface area (Å²) in [5, 5.41) is 6.63. The van der Waals surface area contributed by atoms with E-state index in [1.165, 1.54) is 18.5 Å². The maximum atomic E-state index is 13.4. The number of alkyl halides is 3. The number of nitrogens with zero attached hydrogens (tertiary/aromatic N) is 5. The number of fused-ring (bicyclic) bond motifs is 1. The van der Waals surface area contributed by atoms with Crippen LogP contribution in [-0.2, 0) is 6.18 Å². The molecule has 2 aromatic heterocycles. The number of amides is 1. The van der Waals surface area contributed by atoms with Crippen molar-refractivity contribution in [1.29, 1.82) is 0 Å². The fourth-order valence-electron chi connectivity index (χ4n) is 4.49. The molecule has 9 nitrogen and oxygen atoms in total. The predicted molar refractivity (Wildman–Crippen MR) is 147 cm³/mol. The third kappa shape index (κ3) is 5.76. The number of nitrogens with one attached hydrogen (secondary N) is 2. The van der Waals surface area contributed by atoms with Gasteiger partial charge in [-0.3, -0.25) is 4.79 Å². The van der Waals surface area contributed by atoms with Gasteiger partial charge in [0.2, 0.25) is 0 Å². The van der Waals surface area contributed by atoms with Gasteiger partial charge in [-0.15, -0.1) is 0 Å². The Balaban J connectivity index is 1.40. The third-order valence-corrected chi connectivity index (χ3v) is 6.85. The summed E-state index contributed by atoms with van der Waals surface area (Å²) >= 11 is 0. The van der Waals surface area contributed by atoms with Crippen molar-refractivity contribution < 1.29 is 22.7 Å². The first kappa shape index (κ1) is 27.1. The van der Waals surface area contributed by atoms with Crippen molar-refractivity contribution in [3.8, 4) is 5.75 Å². The number of hydrogen-bond acceptors (Lipinski definition) is 8. The number of benzene rings is 2. The second kappa shape index (κ2) is 11.0. The van der Waals surface area contributed by atoms with Gasteiger partial charge < -0.3 is 25.2 Å². The van der Waals surface area contributed by atoms with E-state index in [0.717, 1.165) is 56.1 Å². The number of pyridine rings is 1. The molecule has 40 heavy (non-hydrogen) atoms. The van der Waals surface area contributed by atoms with Gasteiger partial charge in [0.25, 0.3) is 5.91 Å². The number of aryl methyl sites for hydroxylation is 1. The highest BCUT2D eigenvalue weighted by atomic mass is 19.4. The number of ether oxygens (including phenoxy) is 1. The van der Waals surface area contributed by atoms with Gasteiger partial charge in [0, 0.05) is 48.5 Å². The molecule has 2 aromatic carbocycles. The lowest BCUT2D eigenvalue weighted by Gasteiger charge is -2.33. The fraction of sp³-hybridized carbons (Fsp3) is 0.286. The van der Waals surface area contributed by atoms with Crippen LogP contribution in [0.3, 0.4) is 0 Å². The lowest BCUT2D eigenvalue weighted by molar-refractivity contribution is -0.138. The van der Waals surface area contributed by atoms with E-state index in [0.29, 0.717) is 17.0 Å². The standard InChI is InChI=1S/C28H28F3N7O2/c1-17-4-5-18(27(39)35-19-6-7-24(40-3)21(13-19)28(29,30)31)12-22(17)36-26-20-14-25(32-15-23(20)33-16-34-26)38-10-8-37(2)9-11-38/h4-7,12-16H,8-11H2,1-3H3,(H,35,39)(H,33,34,36). The molecule has 0 atom stereocenters. The Hall–Kier alpha value is -4.45. The molecule has 0 aliphatic carbocycles. The topological polar surface area (TPSA) is 95.5 Å². The zero-order chi connectivity index (χ0) is 28.4. The number of halogens is 3. The summed E-state index contributed by atoms with van der Waals surface area (Å²) in [6.07, 6.45) is -1.47. The second-order valence-electron chi connectivity index (χ2n) is 9.59. The number of rotatable bonds is 6. The minimum Gasteiger partial charge on any atom is -0.496 e. The Morgan fingerprint density at radius 1 is 1.00 bits per heavy atom. The van der Waals surface area contributed by atoms with Crippen molar-refractivity contribution in [1.82, 2.24) is 19.9 Å². The van der Waals surface area contributed by atoms with Crippen molar-refractivity contribution >= 4 is 39.8 Å². The smallest absolute Gasteiger partial charge is 0.420 e. The number of anilines is 4. The van der Waals surface area contributed by atoms with E-state index in [4.69, 9.17) is 4.74 Å². The van der Waals surface area contributed by atoms with Gasteiger partial charge in [0.1, 0.15) is 23.7 Å². The van der Waals surface area contributed by atoms with E-state index in [1.54, 1.807) is 24.4 Å². The average Bonchev–Trinajstić information content (AvgIpc) is 2.94. The molecule has 2 N–H and O–H groups in total. The van der Waals surface area contributed by atoms with Crippen LogP contribution in [0.15, 0.2) is 55.0 Å². The summed E-state index contributed by atoms with van der Waals surface area (Å²) < 4.78 is 45.1. The van der Waals surface area contributed by atoms with Gasteiger partial charge in [-0.1, -0.05) is 6.07 Å². The first-order chi connectivity index (χ1) is 19.1. The molecule has 4 aromatic rings. The average molecular weight is 552 g/mol. The summed E-state index contributed by atoms with van der Waals surface area (Å²) in [7, 11) is 3.25. The van der Waals surface area contributed by atoms with E-state index < -0.39 is 17.6 Å². The second-order valence-corrected chi connectivity index (χ2v) is 9.59. The highest BCUT2D eigenvalue weighted by Gasteiger charge is 2.34. The number of aromatic nitrogens is 3. The quantitative estimate of drug-likeness (QED) is 0.342. The number of likely N-dealkylation sites (N-methyl/N-ethyl adjacent to an activating group) is 1. The van der Waals surface area contributed by atoms with Crippen LogP contribution in [0.1, 0.15) is 21.5 Å². The molecule has 5 rings (SSSR count). The Bertz CT molecular complexity index is 1550. The van der Waals surface area contributed by atoms with Crippen molar-refractivity contribution in [2.24, 2.45) is 0 Å². The molecular weight excluding hydrogens is 523 g/mol. The number of hydrogen-bond donors (Lipinski definition) is 2. The van der Waals surface area contributed by atoms with Crippen LogP contribution in [0.25, 0.3) is 10.9 Å². The van der Waals surface area contributed by atoms with Crippen LogP contribution in [0, 0.1) is 6.92 Å². The molecule has 0 unspecified atom stereocenters. The SMILES string of the molecule is COc1ccc(NC(=O)c2ccc(C)c(Nc3ncnc4cnc(N5CCN(C)CC5)cc34)c2)cc1C(F)(F)F. The maximum absolute atomic E-state index is 13.4. The van der Waals surface area contributed by atoms with Gasteiger partial charge in [-0.2, -0.15) is 13.2 Å². The number of carbonyl (C=O) groups excluding carboxylic acids is 1. The van der Waals surface area contributed by atoms with Gasteiger partial charge in [-0.05, 0) is 55.9 Å². The molecule has 3 heterocycles. The Morgan fingerprint density at radius 2 is 1.77 bits per heavy atom. The molecule has 1 aliphatic rings. The summed E-state index contributed by atoms with van der Waals surface area (Å²) in [5.41, 5.74) is 1.42. The Kier molecular flexibility index (Phi) is 7.44. The molecule has 12 heteroatoms. The van der Waals surface area contributed by atoms with Gasteiger partial charge in [-0.25, -0.2) is 15.0 Å². The molecule has 1 saturated heterocycles. The van der Waals surface area contributed by atoms with Crippen molar-refractivity contribution in [3.63, 3.8) is 0 Å². The number of carbonyl (C=O) groups is 1. The minimum absolute atomic E-state index is 0.000982. The first-order valence-electron chi connectivity index (χ1n) is 12.6. The highest BCUT2D eigenvalue weighted by Crippen LogP contribution is 2.38. The Morgan fingerprint density at radius 3 is 2.50 bits per heavy atom. The minimum atomic E-state index is -4.63. The van der Waals surface area contributed by atoms with Crippen molar-refractivity contribution in [2.45, 2.75) is 13.1 Å². The zero-order valence-corrected chi connectivity index (χ0v) is 22.2. The molecule has 1 aliphatic heterocycles. The summed E-state index contributed by atoms with van der Waals surface area (Å²) in [6, 6.07) is 10.3. The zero-order valence-electron chi connectivity index (χ0n) is 22.2. The van der Waals surface area contributed by atoms with Crippen molar-refractivity contribution in [3.05, 3.63) is 71.7 Å². The lowest BCUT2D eigenvalue weighted by atomic mass is 10.1. The predicted octanol–water partition coefficient (Wildman–Crippen LogP) is 5.11. The van der Waals surface area contributed by atoms with Crippen LogP contribution in [0.5, 0.6) is 5.75 Å². The normalized spacial score (nSPS) is 14.3. The number of methoxy groups -OCH3 is 1. The van der Waals surface area contributed by atoms with E-state index in [-0.39, 0.29) is 17.0 Å². The molecule has 0 saturated carbocycles. The van der Waals surface area contributed by atoms with Gasteiger partial charge in [0.05, 0.1) is 24.4 Å².